The van der Waals surface area contributed by atoms with Crippen LogP contribution in [0.4, 0.5) is 5.82 Å². The number of ether oxygens (including phenoxy) is 1. The zero-order valence-corrected chi connectivity index (χ0v) is 8.53. The van der Waals surface area contributed by atoms with E-state index < -0.39 is 0 Å². The van der Waals surface area contributed by atoms with E-state index in [9.17, 15) is 0 Å². The van der Waals surface area contributed by atoms with Crippen molar-refractivity contribution in [2.45, 2.75) is 6.04 Å². The third kappa shape index (κ3) is 1.96. The molecule has 1 saturated heterocycles. The second-order valence-corrected chi connectivity index (χ2v) is 3.63. The average Bonchev–Trinajstić information content (AvgIpc) is 2.16. The van der Waals surface area contributed by atoms with Crippen LogP contribution in [0.25, 0.3) is 0 Å². The van der Waals surface area contributed by atoms with Gasteiger partial charge >= 0.3 is 0 Å². The predicted octanol–water partition coefficient (Wildman–Crippen LogP) is 0.816. The maximum Gasteiger partial charge on any atom is 0.214 e. The van der Waals surface area contributed by atoms with E-state index >= 15 is 0 Å². The predicted molar refractivity (Wildman–Crippen MR) is 55.7 cm³/mol. The molecule has 76 valence electrons. The maximum absolute atomic E-state index is 5.05. The Hall–Kier alpha value is -1.29. The van der Waals surface area contributed by atoms with Gasteiger partial charge in [-0.2, -0.15) is 4.98 Å². The highest BCUT2D eigenvalue weighted by Gasteiger charge is 2.22. The molecule has 0 atom stereocenters. The van der Waals surface area contributed by atoms with E-state index in [0.29, 0.717) is 11.9 Å². The summed E-state index contributed by atoms with van der Waals surface area (Å²) >= 11 is 0. The number of hydrogen-bond donors (Lipinski definition) is 1. The van der Waals surface area contributed by atoms with Crippen molar-refractivity contribution < 1.29 is 4.74 Å². The maximum atomic E-state index is 5.05. The third-order valence-electron chi connectivity index (χ3n) is 2.35. The molecule has 1 N–H and O–H groups in total. The van der Waals surface area contributed by atoms with Crippen LogP contribution in [0.2, 0.25) is 0 Å². The molecular formula is C10H15N3O. The van der Waals surface area contributed by atoms with E-state index in [4.69, 9.17) is 4.74 Å². The Balaban J connectivity index is 1.95. The fourth-order valence-corrected chi connectivity index (χ4v) is 1.61. The number of likely N-dealkylation sites (tertiary alicyclic amines) is 1. The van der Waals surface area contributed by atoms with Gasteiger partial charge in [0.05, 0.1) is 13.2 Å². The van der Waals surface area contributed by atoms with Gasteiger partial charge in [0.15, 0.2) is 0 Å². The van der Waals surface area contributed by atoms with Gasteiger partial charge in [-0.3, -0.25) is 0 Å². The van der Waals surface area contributed by atoms with Crippen LogP contribution >= 0.6 is 0 Å². The van der Waals surface area contributed by atoms with E-state index in [1.165, 1.54) is 0 Å². The van der Waals surface area contributed by atoms with Crippen molar-refractivity contribution in [3.63, 3.8) is 0 Å². The van der Waals surface area contributed by atoms with E-state index in [0.717, 1.165) is 18.9 Å². The summed E-state index contributed by atoms with van der Waals surface area (Å²) in [6, 6.07) is 6.27. The molecule has 1 fully saturated rings. The van der Waals surface area contributed by atoms with Crippen LogP contribution in [-0.4, -0.2) is 43.2 Å². The Morgan fingerprint density at radius 1 is 1.50 bits per heavy atom. The molecule has 0 radical (unpaired) electrons. The Bertz CT molecular complexity index is 310. The molecule has 0 saturated carbocycles. The van der Waals surface area contributed by atoms with Crippen LogP contribution in [0.15, 0.2) is 18.2 Å². The summed E-state index contributed by atoms with van der Waals surface area (Å²) in [5, 5.41) is 3.35. The second-order valence-electron chi connectivity index (χ2n) is 3.63. The molecule has 0 aliphatic carbocycles. The lowest BCUT2D eigenvalue weighted by Crippen LogP contribution is -2.52. The monoisotopic (exact) mass is 193 g/mol. The van der Waals surface area contributed by atoms with Crippen molar-refractivity contribution >= 4 is 5.82 Å². The first-order chi connectivity index (χ1) is 6.78. The number of methoxy groups -OCH3 is 1. The van der Waals surface area contributed by atoms with Crippen molar-refractivity contribution in [3.05, 3.63) is 18.2 Å². The number of likely N-dealkylation sites (N-methyl/N-ethyl adjacent to an activating group) is 1. The molecule has 1 aliphatic heterocycles. The number of nitrogens with zero attached hydrogens (tertiary/aromatic N) is 2. The van der Waals surface area contributed by atoms with Gasteiger partial charge in [-0.05, 0) is 13.1 Å². The van der Waals surface area contributed by atoms with Gasteiger partial charge in [0.25, 0.3) is 0 Å². The first-order valence-corrected chi connectivity index (χ1v) is 4.74. The SMILES string of the molecule is COc1cccc(NC2CN(C)C2)n1. The van der Waals surface area contributed by atoms with Crippen LogP contribution in [0.5, 0.6) is 5.88 Å². The van der Waals surface area contributed by atoms with Gasteiger partial charge in [-0.1, -0.05) is 6.07 Å². The molecule has 0 aromatic carbocycles. The smallest absolute Gasteiger partial charge is 0.214 e. The van der Waals surface area contributed by atoms with Crippen molar-refractivity contribution in [2.75, 3.05) is 32.6 Å². The summed E-state index contributed by atoms with van der Waals surface area (Å²) in [5.41, 5.74) is 0. The molecule has 1 aliphatic rings. The molecule has 2 heterocycles. The number of aromatic nitrogens is 1. The van der Waals surface area contributed by atoms with Crippen LogP contribution in [0.1, 0.15) is 0 Å². The summed E-state index contributed by atoms with van der Waals surface area (Å²) in [7, 11) is 3.74. The average molecular weight is 193 g/mol. The Kier molecular flexibility index (Phi) is 2.54. The van der Waals surface area contributed by atoms with Gasteiger partial charge < -0.3 is 15.0 Å². The topological polar surface area (TPSA) is 37.4 Å². The normalized spacial score (nSPS) is 17.6. The number of pyridine rings is 1. The van der Waals surface area contributed by atoms with E-state index in [1.54, 1.807) is 7.11 Å². The first kappa shape index (κ1) is 9.27. The lowest BCUT2D eigenvalue weighted by Gasteiger charge is -2.36. The second kappa shape index (κ2) is 3.84. The zero-order valence-electron chi connectivity index (χ0n) is 8.53. The highest BCUT2D eigenvalue weighted by atomic mass is 16.5. The Labute approximate surface area is 83.9 Å². The van der Waals surface area contributed by atoms with E-state index in [-0.39, 0.29) is 0 Å². The van der Waals surface area contributed by atoms with Gasteiger partial charge in [-0.15, -0.1) is 0 Å². The number of rotatable bonds is 3. The minimum absolute atomic E-state index is 0.527. The van der Waals surface area contributed by atoms with Crippen molar-refractivity contribution in [2.24, 2.45) is 0 Å². The molecule has 14 heavy (non-hydrogen) atoms. The van der Waals surface area contributed by atoms with E-state index in [1.807, 2.05) is 18.2 Å². The number of anilines is 1. The van der Waals surface area contributed by atoms with Crippen LogP contribution in [-0.2, 0) is 0 Å². The van der Waals surface area contributed by atoms with Gasteiger partial charge in [0.1, 0.15) is 5.82 Å². The Morgan fingerprint density at radius 3 is 2.93 bits per heavy atom. The fraction of sp³-hybridized carbons (Fsp3) is 0.500. The molecule has 1 aromatic rings. The fourth-order valence-electron chi connectivity index (χ4n) is 1.61. The summed E-state index contributed by atoms with van der Waals surface area (Å²) in [4.78, 5) is 6.55. The number of hydrogen-bond acceptors (Lipinski definition) is 4. The highest BCUT2D eigenvalue weighted by molar-refractivity contribution is 5.38. The molecule has 1 aromatic heterocycles. The van der Waals surface area contributed by atoms with Crippen molar-refractivity contribution in [1.82, 2.24) is 9.88 Å². The zero-order chi connectivity index (χ0) is 9.97. The van der Waals surface area contributed by atoms with Crippen molar-refractivity contribution in [1.29, 1.82) is 0 Å². The lowest BCUT2D eigenvalue weighted by atomic mass is 10.1. The van der Waals surface area contributed by atoms with Gasteiger partial charge in [0.2, 0.25) is 5.88 Å². The van der Waals surface area contributed by atoms with Crippen molar-refractivity contribution in [3.8, 4) is 5.88 Å². The van der Waals surface area contributed by atoms with E-state index in [2.05, 4.69) is 22.2 Å². The molecule has 4 nitrogen and oxygen atoms in total. The first-order valence-electron chi connectivity index (χ1n) is 4.74. The summed E-state index contributed by atoms with van der Waals surface area (Å²) in [6.07, 6.45) is 0. The largest absolute Gasteiger partial charge is 0.481 e. The summed E-state index contributed by atoms with van der Waals surface area (Å²) in [6.45, 7) is 2.16. The molecule has 0 unspecified atom stereocenters. The van der Waals surface area contributed by atoms with Crippen LogP contribution in [0.3, 0.4) is 0 Å². The molecule has 0 spiro atoms. The molecule has 0 bridgehead atoms. The summed E-state index contributed by atoms with van der Waals surface area (Å²) < 4.78 is 5.05. The highest BCUT2D eigenvalue weighted by Crippen LogP contribution is 2.14. The minimum atomic E-state index is 0.527. The standard InChI is InChI=1S/C10H15N3O/c1-13-6-8(7-13)11-9-4-3-5-10(12-9)14-2/h3-5,8H,6-7H2,1-2H3,(H,11,12). The molecule has 2 rings (SSSR count). The Morgan fingerprint density at radius 2 is 2.29 bits per heavy atom. The quantitative estimate of drug-likeness (QED) is 0.771. The molecule has 0 amide bonds. The third-order valence-corrected chi connectivity index (χ3v) is 2.35. The number of nitrogens with one attached hydrogen (secondary N) is 1. The molecule has 4 heteroatoms. The lowest BCUT2D eigenvalue weighted by molar-refractivity contribution is 0.205. The van der Waals surface area contributed by atoms with Crippen LogP contribution < -0.4 is 10.1 Å². The molecular weight excluding hydrogens is 178 g/mol. The summed E-state index contributed by atoms with van der Waals surface area (Å²) in [5.74, 6) is 1.55. The minimum Gasteiger partial charge on any atom is -0.481 e. The van der Waals surface area contributed by atoms with Gasteiger partial charge in [0, 0.05) is 19.2 Å². The van der Waals surface area contributed by atoms with Crippen LogP contribution in [0, 0.1) is 0 Å². The van der Waals surface area contributed by atoms with Gasteiger partial charge in [-0.25, -0.2) is 0 Å².